The Morgan fingerprint density at radius 3 is 2.68 bits per heavy atom. The molecule has 0 atom stereocenters. The van der Waals surface area contributed by atoms with Gasteiger partial charge in [-0.05, 0) is 31.2 Å². The molecule has 0 unspecified atom stereocenters. The van der Waals surface area contributed by atoms with E-state index < -0.39 is 0 Å². The van der Waals surface area contributed by atoms with E-state index in [4.69, 9.17) is 10.5 Å². The molecular weight excluding hydrogens is 238 g/mol. The number of rotatable bonds is 2. The summed E-state index contributed by atoms with van der Waals surface area (Å²) in [5, 5.41) is 0. The number of nitrogens with two attached hydrogens (primary N) is 1. The maximum atomic E-state index is 6.22. The molecule has 0 bridgehead atoms. The summed E-state index contributed by atoms with van der Waals surface area (Å²) in [5.41, 5.74) is 9.89. The number of anilines is 1. The Balaban J connectivity index is 2.25. The topological polar surface area (TPSA) is 52.5 Å². The van der Waals surface area contributed by atoms with Crippen molar-refractivity contribution in [2.45, 2.75) is 6.92 Å². The first-order chi connectivity index (χ1) is 9.20. The Kier molecular flexibility index (Phi) is 2.63. The minimum atomic E-state index is 0.654. The maximum absolute atomic E-state index is 6.22. The molecule has 0 aliphatic heterocycles. The quantitative estimate of drug-likeness (QED) is 0.764. The first-order valence-electron chi connectivity index (χ1n) is 6.08. The average molecular weight is 253 g/mol. The highest BCUT2D eigenvalue weighted by molar-refractivity contribution is 5.76. The van der Waals surface area contributed by atoms with Gasteiger partial charge in [-0.3, -0.25) is 4.40 Å². The van der Waals surface area contributed by atoms with E-state index in [0.29, 0.717) is 5.82 Å². The lowest BCUT2D eigenvalue weighted by Crippen LogP contribution is -1.97. The molecule has 4 heteroatoms. The van der Waals surface area contributed by atoms with Crippen LogP contribution in [0.2, 0.25) is 0 Å². The van der Waals surface area contributed by atoms with Crippen LogP contribution < -0.4 is 10.5 Å². The molecule has 3 aromatic rings. The third kappa shape index (κ3) is 1.81. The van der Waals surface area contributed by atoms with Gasteiger partial charge >= 0.3 is 0 Å². The number of methoxy groups -OCH3 is 1. The molecule has 1 aromatic carbocycles. The number of aryl methyl sites for hydroxylation is 1. The van der Waals surface area contributed by atoms with E-state index in [2.05, 4.69) is 4.98 Å². The fraction of sp³-hybridized carbons (Fsp3) is 0.133. The Bertz CT molecular complexity index is 746. The monoisotopic (exact) mass is 253 g/mol. The standard InChI is InChI=1S/C15H15N3O/c1-10-5-3-8-13-17-14(15(16)18(10)13)11-6-4-7-12(9-11)19-2/h3-9H,16H2,1-2H3. The molecule has 0 fully saturated rings. The number of fused-ring (bicyclic) bond motifs is 1. The summed E-state index contributed by atoms with van der Waals surface area (Å²) in [4.78, 5) is 4.60. The highest BCUT2D eigenvalue weighted by Gasteiger charge is 2.12. The van der Waals surface area contributed by atoms with Gasteiger partial charge in [0.1, 0.15) is 22.9 Å². The van der Waals surface area contributed by atoms with Gasteiger partial charge in [-0.1, -0.05) is 18.2 Å². The third-order valence-electron chi connectivity index (χ3n) is 3.22. The lowest BCUT2D eigenvalue weighted by atomic mass is 10.1. The fourth-order valence-electron chi connectivity index (χ4n) is 2.26. The first-order valence-corrected chi connectivity index (χ1v) is 6.08. The minimum absolute atomic E-state index is 0.654. The molecular formula is C15H15N3O. The Hall–Kier alpha value is -2.49. The molecule has 0 saturated carbocycles. The van der Waals surface area contributed by atoms with E-state index in [1.165, 1.54) is 0 Å². The highest BCUT2D eigenvalue weighted by atomic mass is 16.5. The molecule has 0 saturated heterocycles. The number of nitrogen functional groups attached to an aromatic ring is 1. The van der Waals surface area contributed by atoms with Gasteiger partial charge in [0.25, 0.3) is 0 Å². The van der Waals surface area contributed by atoms with Crippen LogP contribution >= 0.6 is 0 Å². The zero-order valence-corrected chi connectivity index (χ0v) is 10.9. The van der Waals surface area contributed by atoms with Gasteiger partial charge in [0.2, 0.25) is 0 Å². The van der Waals surface area contributed by atoms with Crippen molar-refractivity contribution in [3.05, 3.63) is 48.2 Å². The number of aromatic nitrogens is 2. The molecule has 0 aliphatic carbocycles. The van der Waals surface area contributed by atoms with Crippen molar-refractivity contribution >= 4 is 11.5 Å². The van der Waals surface area contributed by atoms with Crippen LogP contribution in [0.15, 0.2) is 42.5 Å². The molecule has 96 valence electrons. The second-order valence-electron chi connectivity index (χ2n) is 4.44. The predicted molar refractivity (Wildman–Crippen MR) is 76.3 cm³/mol. The van der Waals surface area contributed by atoms with E-state index in [0.717, 1.165) is 28.3 Å². The molecule has 0 spiro atoms. The lowest BCUT2D eigenvalue weighted by molar-refractivity contribution is 0.415. The van der Waals surface area contributed by atoms with Crippen molar-refractivity contribution in [3.63, 3.8) is 0 Å². The van der Waals surface area contributed by atoms with E-state index in [9.17, 15) is 0 Å². The molecule has 3 rings (SSSR count). The molecule has 0 aliphatic rings. The normalized spacial score (nSPS) is 10.8. The summed E-state index contributed by atoms with van der Waals surface area (Å²) in [5.74, 6) is 1.45. The molecule has 2 aromatic heterocycles. The zero-order chi connectivity index (χ0) is 13.4. The Morgan fingerprint density at radius 2 is 1.95 bits per heavy atom. The summed E-state index contributed by atoms with van der Waals surface area (Å²) in [7, 11) is 1.65. The Labute approximate surface area is 111 Å². The van der Waals surface area contributed by atoms with Gasteiger partial charge in [-0.2, -0.15) is 0 Å². The minimum Gasteiger partial charge on any atom is -0.497 e. The smallest absolute Gasteiger partial charge is 0.139 e. The van der Waals surface area contributed by atoms with Crippen LogP contribution in [0.5, 0.6) is 5.75 Å². The van der Waals surface area contributed by atoms with Crippen molar-refractivity contribution in [3.8, 4) is 17.0 Å². The summed E-state index contributed by atoms with van der Waals surface area (Å²) in [6.45, 7) is 2.01. The van der Waals surface area contributed by atoms with Crippen LogP contribution in [0.3, 0.4) is 0 Å². The Morgan fingerprint density at radius 1 is 1.16 bits per heavy atom. The van der Waals surface area contributed by atoms with Crippen molar-refractivity contribution in [1.29, 1.82) is 0 Å². The summed E-state index contributed by atoms with van der Waals surface area (Å²) in [6, 6.07) is 13.7. The fourth-order valence-corrected chi connectivity index (χ4v) is 2.26. The highest BCUT2D eigenvalue weighted by Crippen LogP contribution is 2.29. The number of pyridine rings is 1. The third-order valence-corrected chi connectivity index (χ3v) is 3.22. The average Bonchev–Trinajstić information content (AvgIpc) is 2.77. The largest absolute Gasteiger partial charge is 0.497 e. The van der Waals surface area contributed by atoms with Crippen LogP contribution in [0.1, 0.15) is 5.69 Å². The molecule has 0 radical (unpaired) electrons. The van der Waals surface area contributed by atoms with E-state index >= 15 is 0 Å². The second kappa shape index (κ2) is 4.31. The SMILES string of the molecule is COc1cccc(-c2nc3cccc(C)n3c2N)c1. The molecule has 2 heterocycles. The van der Waals surface area contributed by atoms with E-state index in [-0.39, 0.29) is 0 Å². The lowest BCUT2D eigenvalue weighted by Gasteiger charge is -2.04. The van der Waals surface area contributed by atoms with Crippen molar-refractivity contribution < 1.29 is 4.74 Å². The number of imidazole rings is 1. The van der Waals surface area contributed by atoms with Crippen molar-refractivity contribution in [2.24, 2.45) is 0 Å². The summed E-state index contributed by atoms with van der Waals surface area (Å²) < 4.78 is 7.19. The molecule has 4 nitrogen and oxygen atoms in total. The maximum Gasteiger partial charge on any atom is 0.139 e. The van der Waals surface area contributed by atoms with Crippen molar-refractivity contribution in [2.75, 3.05) is 12.8 Å². The van der Waals surface area contributed by atoms with Crippen molar-refractivity contribution in [1.82, 2.24) is 9.38 Å². The van der Waals surface area contributed by atoms with Crippen LogP contribution in [0, 0.1) is 6.92 Å². The van der Waals surface area contributed by atoms with Gasteiger partial charge in [0, 0.05) is 11.3 Å². The van der Waals surface area contributed by atoms with E-state index in [1.54, 1.807) is 7.11 Å². The molecule has 2 N–H and O–H groups in total. The van der Waals surface area contributed by atoms with Gasteiger partial charge in [-0.25, -0.2) is 4.98 Å². The van der Waals surface area contributed by atoms with Gasteiger partial charge < -0.3 is 10.5 Å². The summed E-state index contributed by atoms with van der Waals surface area (Å²) in [6.07, 6.45) is 0. The van der Waals surface area contributed by atoms with Crippen LogP contribution in [-0.4, -0.2) is 16.5 Å². The number of hydrogen-bond donors (Lipinski definition) is 1. The first kappa shape index (κ1) is 11.6. The van der Waals surface area contributed by atoms with Gasteiger partial charge in [0.05, 0.1) is 7.11 Å². The van der Waals surface area contributed by atoms with Crippen LogP contribution in [-0.2, 0) is 0 Å². The number of ether oxygens (including phenoxy) is 1. The van der Waals surface area contributed by atoms with Gasteiger partial charge in [0.15, 0.2) is 0 Å². The second-order valence-corrected chi connectivity index (χ2v) is 4.44. The van der Waals surface area contributed by atoms with Crippen LogP contribution in [0.4, 0.5) is 5.82 Å². The molecule has 19 heavy (non-hydrogen) atoms. The zero-order valence-electron chi connectivity index (χ0n) is 10.9. The number of benzene rings is 1. The van der Waals surface area contributed by atoms with E-state index in [1.807, 2.05) is 53.8 Å². The summed E-state index contributed by atoms with van der Waals surface area (Å²) >= 11 is 0. The number of hydrogen-bond acceptors (Lipinski definition) is 3. The van der Waals surface area contributed by atoms with Gasteiger partial charge in [-0.15, -0.1) is 0 Å². The predicted octanol–water partition coefficient (Wildman–Crippen LogP) is 2.90. The number of nitrogens with zero attached hydrogens (tertiary/aromatic N) is 2. The van der Waals surface area contributed by atoms with Crippen LogP contribution in [0.25, 0.3) is 16.9 Å². The molecule has 0 amide bonds.